The lowest BCUT2D eigenvalue weighted by Crippen LogP contribution is -1.89. The van der Waals surface area contributed by atoms with Crippen molar-refractivity contribution in [1.82, 2.24) is 0 Å². The highest BCUT2D eigenvalue weighted by atomic mass is 14.5. The summed E-state index contributed by atoms with van der Waals surface area (Å²) in [6.07, 6.45) is 0. The zero-order valence-corrected chi connectivity index (χ0v) is 9.12. The predicted molar refractivity (Wildman–Crippen MR) is 65.8 cm³/mol. The van der Waals surface area contributed by atoms with Crippen molar-refractivity contribution in [2.24, 2.45) is 0 Å². The van der Waals surface area contributed by atoms with E-state index in [9.17, 15) is 0 Å². The van der Waals surface area contributed by atoms with Crippen LogP contribution < -0.4 is 5.73 Å². The zero-order valence-electron chi connectivity index (χ0n) is 9.12. The number of anilines is 1. The van der Waals surface area contributed by atoms with Gasteiger partial charge in [0.15, 0.2) is 0 Å². The van der Waals surface area contributed by atoms with Crippen LogP contribution >= 0.6 is 0 Å². The number of nitrogens with two attached hydrogens (primary N) is 1. The average Bonchev–Trinajstić information content (AvgIpc) is 2.16. The molecule has 1 nitrogen and oxygen atoms in total. The van der Waals surface area contributed by atoms with E-state index in [0.29, 0.717) is 0 Å². The molecule has 0 amide bonds. The Bertz CT molecular complexity index is 466. The Morgan fingerprint density at radius 2 is 1.67 bits per heavy atom. The van der Waals surface area contributed by atoms with Gasteiger partial charge in [0.1, 0.15) is 0 Å². The summed E-state index contributed by atoms with van der Waals surface area (Å²) in [6.45, 7) is 4.19. The van der Waals surface area contributed by atoms with E-state index in [4.69, 9.17) is 5.73 Å². The summed E-state index contributed by atoms with van der Waals surface area (Å²) < 4.78 is 0. The second-order valence-electron chi connectivity index (χ2n) is 3.95. The first-order valence-corrected chi connectivity index (χ1v) is 5.10. The highest BCUT2D eigenvalue weighted by Gasteiger charge is 2.01. The summed E-state index contributed by atoms with van der Waals surface area (Å²) in [4.78, 5) is 0. The summed E-state index contributed by atoms with van der Waals surface area (Å²) in [5.74, 6) is 0. The third kappa shape index (κ3) is 2.01. The average molecular weight is 197 g/mol. The Labute approximate surface area is 90.6 Å². The molecule has 0 radical (unpaired) electrons. The van der Waals surface area contributed by atoms with E-state index in [2.05, 4.69) is 44.2 Å². The first-order valence-electron chi connectivity index (χ1n) is 5.10. The van der Waals surface area contributed by atoms with Gasteiger partial charge in [0.05, 0.1) is 0 Å². The van der Waals surface area contributed by atoms with E-state index >= 15 is 0 Å². The lowest BCUT2D eigenvalue weighted by Gasteiger charge is -2.07. The SMILES string of the molecule is Cc1cc(N)cc(-c2ccccc2C)c1. The molecule has 0 saturated carbocycles. The molecule has 0 saturated heterocycles. The van der Waals surface area contributed by atoms with Crippen LogP contribution in [0.3, 0.4) is 0 Å². The van der Waals surface area contributed by atoms with Crippen molar-refractivity contribution in [2.45, 2.75) is 13.8 Å². The maximum atomic E-state index is 5.85. The van der Waals surface area contributed by atoms with Gasteiger partial charge < -0.3 is 5.73 Å². The molecular formula is C14H15N. The second kappa shape index (κ2) is 3.77. The van der Waals surface area contributed by atoms with E-state index in [0.717, 1.165) is 5.69 Å². The number of nitrogen functional groups attached to an aromatic ring is 1. The third-order valence-electron chi connectivity index (χ3n) is 2.56. The van der Waals surface area contributed by atoms with Crippen molar-refractivity contribution in [1.29, 1.82) is 0 Å². The van der Waals surface area contributed by atoms with Crippen molar-refractivity contribution < 1.29 is 0 Å². The van der Waals surface area contributed by atoms with Gasteiger partial charge in [-0.05, 0) is 48.2 Å². The maximum Gasteiger partial charge on any atom is 0.0322 e. The number of benzene rings is 2. The molecule has 0 aliphatic rings. The molecule has 1 heteroatoms. The molecule has 0 unspecified atom stereocenters. The van der Waals surface area contributed by atoms with E-state index in [1.54, 1.807) is 0 Å². The van der Waals surface area contributed by atoms with E-state index < -0.39 is 0 Å². The van der Waals surface area contributed by atoms with Gasteiger partial charge in [-0.3, -0.25) is 0 Å². The molecule has 2 rings (SSSR count). The topological polar surface area (TPSA) is 26.0 Å². The molecular weight excluding hydrogens is 182 g/mol. The third-order valence-corrected chi connectivity index (χ3v) is 2.56. The second-order valence-corrected chi connectivity index (χ2v) is 3.95. The quantitative estimate of drug-likeness (QED) is 0.695. The molecule has 0 spiro atoms. The van der Waals surface area contributed by atoms with Gasteiger partial charge in [0, 0.05) is 5.69 Å². The Hall–Kier alpha value is -1.76. The molecule has 0 aliphatic heterocycles. The highest BCUT2D eigenvalue weighted by Crippen LogP contribution is 2.25. The minimum Gasteiger partial charge on any atom is -0.399 e. The van der Waals surface area contributed by atoms with Gasteiger partial charge in [0.2, 0.25) is 0 Å². The smallest absolute Gasteiger partial charge is 0.0322 e. The molecule has 15 heavy (non-hydrogen) atoms. The van der Waals surface area contributed by atoms with Gasteiger partial charge in [-0.25, -0.2) is 0 Å². The fraction of sp³-hybridized carbons (Fsp3) is 0.143. The van der Waals surface area contributed by atoms with E-state index in [-0.39, 0.29) is 0 Å². The fourth-order valence-electron chi connectivity index (χ4n) is 1.87. The van der Waals surface area contributed by atoms with Crippen molar-refractivity contribution >= 4 is 5.69 Å². The van der Waals surface area contributed by atoms with Crippen LogP contribution in [-0.2, 0) is 0 Å². The van der Waals surface area contributed by atoms with E-state index in [1.165, 1.54) is 22.3 Å². The van der Waals surface area contributed by atoms with Gasteiger partial charge in [-0.15, -0.1) is 0 Å². The number of hydrogen-bond acceptors (Lipinski definition) is 1. The molecule has 0 fully saturated rings. The minimum absolute atomic E-state index is 0.827. The molecule has 0 aliphatic carbocycles. The maximum absolute atomic E-state index is 5.85. The van der Waals surface area contributed by atoms with E-state index in [1.807, 2.05) is 12.1 Å². The fourth-order valence-corrected chi connectivity index (χ4v) is 1.87. The van der Waals surface area contributed by atoms with Crippen LogP contribution in [0.2, 0.25) is 0 Å². The minimum atomic E-state index is 0.827. The van der Waals surface area contributed by atoms with Gasteiger partial charge in [0.25, 0.3) is 0 Å². The Morgan fingerprint density at radius 1 is 0.933 bits per heavy atom. The van der Waals surface area contributed by atoms with Crippen molar-refractivity contribution in [3.8, 4) is 11.1 Å². The molecule has 0 heterocycles. The molecule has 0 atom stereocenters. The number of rotatable bonds is 1. The van der Waals surface area contributed by atoms with Crippen molar-refractivity contribution in [3.63, 3.8) is 0 Å². The zero-order chi connectivity index (χ0) is 10.8. The lowest BCUT2D eigenvalue weighted by atomic mass is 9.99. The predicted octanol–water partition coefficient (Wildman–Crippen LogP) is 3.55. The van der Waals surface area contributed by atoms with Crippen molar-refractivity contribution in [2.75, 3.05) is 5.73 Å². The monoisotopic (exact) mass is 197 g/mol. The summed E-state index contributed by atoms with van der Waals surface area (Å²) in [5.41, 5.74) is 11.6. The normalized spacial score (nSPS) is 10.3. The van der Waals surface area contributed by atoms with Crippen LogP contribution in [0, 0.1) is 13.8 Å². The highest BCUT2D eigenvalue weighted by molar-refractivity contribution is 5.71. The standard InChI is InChI=1S/C14H15N/c1-10-7-12(9-13(15)8-10)14-6-4-3-5-11(14)2/h3-9H,15H2,1-2H3. The van der Waals surface area contributed by atoms with Crippen LogP contribution in [-0.4, -0.2) is 0 Å². The summed E-state index contributed by atoms with van der Waals surface area (Å²) in [5, 5.41) is 0. The summed E-state index contributed by atoms with van der Waals surface area (Å²) >= 11 is 0. The summed E-state index contributed by atoms with van der Waals surface area (Å²) in [7, 11) is 0. The number of hydrogen-bond donors (Lipinski definition) is 1. The van der Waals surface area contributed by atoms with Gasteiger partial charge in [-0.1, -0.05) is 30.3 Å². The lowest BCUT2D eigenvalue weighted by molar-refractivity contribution is 1.43. The van der Waals surface area contributed by atoms with Crippen LogP contribution in [0.25, 0.3) is 11.1 Å². The Morgan fingerprint density at radius 3 is 2.33 bits per heavy atom. The van der Waals surface area contributed by atoms with Crippen LogP contribution in [0.1, 0.15) is 11.1 Å². The number of aryl methyl sites for hydroxylation is 2. The molecule has 76 valence electrons. The Balaban J connectivity index is 2.59. The first-order chi connectivity index (χ1) is 7.16. The van der Waals surface area contributed by atoms with Gasteiger partial charge >= 0.3 is 0 Å². The largest absolute Gasteiger partial charge is 0.399 e. The van der Waals surface area contributed by atoms with Crippen LogP contribution in [0.5, 0.6) is 0 Å². The van der Waals surface area contributed by atoms with Crippen molar-refractivity contribution in [3.05, 3.63) is 53.6 Å². The van der Waals surface area contributed by atoms with Crippen LogP contribution in [0.4, 0.5) is 5.69 Å². The van der Waals surface area contributed by atoms with Gasteiger partial charge in [-0.2, -0.15) is 0 Å². The summed E-state index contributed by atoms with van der Waals surface area (Å²) in [6, 6.07) is 14.5. The molecule has 0 aromatic heterocycles. The molecule has 2 N–H and O–H groups in total. The first kappa shape index (κ1) is 9.78. The molecule has 2 aromatic rings. The molecule has 0 bridgehead atoms. The van der Waals surface area contributed by atoms with Crippen LogP contribution in [0.15, 0.2) is 42.5 Å². The Kier molecular flexibility index (Phi) is 2.46. The molecule has 2 aromatic carbocycles.